The molecule has 0 radical (unpaired) electrons. The van der Waals surface area contributed by atoms with Gasteiger partial charge in [-0.25, -0.2) is 0 Å². The molecule has 0 spiro atoms. The van der Waals surface area contributed by atoms with Gasteiger partial charge in [0.25, 0.3) is 11.7 Å². The minimum absolute atomic E-state index is 0.345. The van der Waals surface area contributed by atoms with E-state index < -0.39 is 11.7 Å². The molecule has 1 aliphatic rings. The van der Waals surface area contributed by atoms with Gasteiger partial charge in [0, 0.05) is 17.1 Å². The molecule has 0 aromatic heterocycles. The van der Waals surface area contributed by atoms with Gasteiger partial charge in [-0.15, -0.1) is 0 Å². The predicted octanol–water partition coefficient (Wildman–Crippen LogP) is 2.82. The molecule has 0 aliphatic carbocycles. The number of nitrogens with zero attached hydrogens (tertiary/aromatic N) is 1. The van der Waals surface area contributed by atoms with Gasteiger partial charge < -0.3 is 10.2 Å². The lowest BCUT2D eigenvalue weighted by Crippen LogP contribution is -2.30. The number of halogens is 1. The quantitative estimate of drug-likeness (QED) is 0.873. The van der Waals surface area contributed by atoms with E-state index >= 15 is 0 Å². The van der Waals surface area contributed by atoms with Crippen molar-refractivity contribution in [2.75, 3.05) is 16.8 Å². The van der Waals surface area contributed by atoms with E-state index in [0.717, 1.165) is 16.7 Å². The number of Topliss-reactive ketones (excluding diaryl/α,β-unsaturated/α-hetero) is 1. The Morgan fingerprint density at radius 1 is 1.33 bits per heavy atom. The highest BCUT2D eigenvalue weighted by molar-refractivity contribution is 9.10. The summed E-state index contributed by atoms with van der Waals surface area (Å²) in [5, 5.41) is 2.60. The van der Waals surface area contributed by atoms with Crippen LogP contribution in [-0.4, -0.2) is 24.3 Å². The summed E-state index contributed by atoms with van der Waals surface area (Å²) in [6.45, 7) is 7.14. The van der Waals surface area contributed by atoms with Crippen molar-refractivity contribution in [3.63, 3.8) is 0 Å². The van der Waals surface area contributed by atoms with Gasteiger partial charge in [-0.3, -0.25) is 9.59 Å². The molecule has 2 rings (SSSR count). The number of rotatable bonds is 3. The van der Waals surface area contributed by atoms with Gasteiger partial charge in [0.15, 0.2) is 0 Å². The zero-order valence-corrected chi connectivity index (χ0v) is 12.2. The fourth-order valence-electron chi connectivity index (χ4n) is 2.19. The first-order valence-corrected chi connectivity index (χ1v) is 6.70. The number of benzene rings is 1. The number of anilines is 2. The van der Waals surface area contributed by atoms with Crippen LogP contribution in [0.2, 0.25) is 0 Å². The smallest absolute Gasteiger partial charge is 0.296 e. The molecule has 0 fully saturated rings. The van der Waals surface area contributed by atoms with Gasteiger partial charge >= 0.3 is 0 Å². The zero-order valence-electron chi connectivity index (χ0n) is 10.6. The first-order valence-electron chi connectivity index (χ1n) is 5.91. The van der Waals surface area contributed by atoms with E-state index in [1.807, 2.05) is 6.07 Å². The van der Waals surface area contributed by atoms with Gasteiger partial charge in [-0.1, -0.05) is 0 Å². The van der Waals surface area contributed by atoms with Crippen molar-refractivity contribution in [1.82, 2.24) is 0 Å². The molecule has 1 N–H and O–H groups in total. The van der Waals surface area contributed by atoms with Crippen molar-refractivity contribution < 1.29 is 9.59 Å². The average molecular weight is 311 g/mol. The molecule has 0 atom stereocenters. The number of amides is 1. The van der Waals surface area contributed by atoms with Crippen molar-refractivity contribution >= 4 is 39.0 Å². The fourth-order valence-corrected chi connectivity index (χ4v) is 2.76. The predicted molar refractivity (Wildman–Crippen MR) is 75.3 cm³/mol. The maximum atomic E-state index is 11.6. The molecule has 96 valence electrons. The molecule has 0 unspecified atom stereocenters. The third-order valence-electron chi connectivity index (χ3n) is 3.06. The fraction of sp³-hybridized carbons (Fsp3) is 0.385. The molecule has 1 aromatic carbocycles. The third kappa shape index (κ3) is 2.03. The van der Waals surface area contributed by atoms with Crippen LogP contribution in [0.1, 0.15) is 31.1 Å². The summed E-state index contributed by atoms with van der Waals surface area (Å²) in [5.74, 6) is -1.02. The highest BCUT2D eigenvalue weighted by atomic mass is 79.9. The summed E-state index contributed by atoms with van der Waals surface area (Å²) in [4.78, 5) is 25.1. The molecule has 1 heterocycles. The van der Waals surface area contributed by atoms with Crippen molar-refractivity contribution in [2.24, 2.45) is 0 Å². The summed E-state index contributed by atoms with van der Waals surface area (Å²) in [6.07, 6.45) is 0. The third-order valence-corrected chi connectivity index (χ3v) is 3.69. The highest BCUT2D eigenvalue weighted by Gasteiger charge is 2.29. The molecule has 0 saturated heterocycles. The summed E-state index contributed by atoms with van der Waals surface area (Å²) < 4.78 is 0.835. The van der Waals surface area contributed by atoms with E-state index in [1.165, 1.54) is 0 Å². The van der Waals surface area contributed by atoms with Crippen LogP contribution in [0, 0.1) is 0 Å². The standard InChI is InChI=1S/C13H15BrN2O2/c1-4-16(7(2)3)11-6-10-8(5-9(11)14)12(17)13(18)15-10/h5-7H,4H2,1-3H3,(H,15,17,18). The van der Waals surface area contributed by atoms with Crippen LogP contribution in [-0.2, 0) is 4.79 Å². The van der Waals surface area contributed by atoms with E-state index in [-0.39, 0.29) is 0 Å². The van der Waals surface area contributed by atoms with Crippen molar-refractivity contribution in [2.45, 2.75) is 26.8 Å². The molecule has 1 aliphatic heterocycles. The van der Waals surface area contributed by atoms with Crippen LogP contribution in [0.25, 0.3) is 0 Å². The number of hydrogen-bond acceptors (Lipinski definition) is 3. The summed E-state index contributed by atoms with van der Waals surface area (Å²) in [5.41, 5.74) is 2.03. The Balaban J connectivity index is 2.50. The number of ketones is 1. The van der Waals surface area contributed by atoms with Crippen molar-refractivity contribution in [3.05, 3.63) is 22.2 Å². The van der Waals surface area contributed by atoms with Gasteiger partial charge in [0.2, 0.25) is 0 Å². The van der Waals surface area contributed by atoms with Gasteiger partial charge in [0.05, 0.1) is 16.9 Å². The van der Waals surface area contributed by atoms with Crippen LogP contribution in [0.15, 0.2) is 16.6 Å². The molecular formula is C13H15BrN2O2. The first-order chi connectivity index (χ1) is 8.45. The largest absolute Gasteiger partial charge is 0.368 e. The number of carbonyl (C=O) groups is 2. The van der Waals surface area contributed by atoms with Crippen LogP contribution >= 0.6 is 15.9 Å². The molecule has 1 aromatic rings. The Hall–Kier alpha value is -1.36. The molecule has 4 nitrogen and oxygen atoms in total. The van der Waals surface area contributed by atoms with E-state index in [4.69, 9.17) is 0 Å². The molecule has 5 heteroatoms. The minimum atomic E-state index is -0.554. The second kappa shape index (κ2) is 4.72. The van der Waals surface area contributed by atoms with Gasteiger partial charge in [0.1, 0.15) is 0 Å². The second-order valence-electron chi connectivity index (χ2n) is 4.51. The number of hydrogen-bond donors (Lipinski definition) is 1. The minimum Gasteiger partial charge on any atom is -0.368 e. The lowest BCUT2D eigenvalue weighted by molar-refractivity contribution is -0.112. The van der Waals surface area contributed by atoms with Gasteiger partial charge in [-0.2, -0.15) is 0 Å². The van der Waals surface area contributed by atoms with E-state index in [2.05, 4.69) is 46.9 Å². The lowest BCUT2D eigenvalue weighted by atomic mass is 10.1. The summed E-state index contributed by atoms with van der Waals surface area (Å²) in [6, 6.07) is 3.92. The normalized spacial score (nSPS) is 13.8. The first kappa shape index (κ1) is 13.1. The molecule has 0 saturated carbocycles. The Morgan fingerprint density at radius 3 is 2.56 bits per heavy atom. The Labute approximate surface area is 114 Å². The summed E-state index contributed by atoms with van der Waals surface area (Å²) in [7, 11) is 0. The lowest BCUT2D eigenvalue weighted by Gasteiger charge is -2.29. The zero-order chi connectivity index (χ0) is 13.4. The molecular weight excluding hydrogens is 296 g/mol. The van der Waals surface area contributed by atoms with Crippen LogP contribution in [0.3, 0.4) is 0 Å². The maximum Gasteiger partial charge on any atom is 0.296 e. The van der Waals surface area contributed by atoms with Crippen molar-refractivity contribution in [1.29, 1.82) is 0 Å². The molecule has 18 heavy (non-hydrogen) atoms. The average Bonchev–Trinajstić information content (AvgIpc) is 2.56. The SMILES string of the molecule is CCN(c1cc2c(cc1Br)C(=O)C(=O)N2)C(C)C. The topological polar surface area (TPSA) is 49.4 Å². The van der Waals surface area contributed by atoms with E-state index in [0.29, 0.717) is 17.3 Å². The van der Waals surface area contributed by atoms with Crippen LogP contribution in [0.5, 0.6) is 0 Å². The summed E-state index contributed by atoms with van der Waals surface area (Å²) >= 11 is 3.47. The Bertz CT molecular complexity index is 526. The Kier molecular flexibility index (Phi) is 3.43. The number of carbonyl (C=O) groups excluding carboxylic acids is 2. The molecule has 0 bridgehead atoms. The van der Waals surface area contributed by atoms with E-state index in [9.17, 15) is 9.59 Å². The van der Waals surface area contributed by atoms with Crippen LogP contribution < -0.4 is 10.2 Å². The van der Waals surface area contributed by atoms with Gasteiger partial charge in [-0.05, 0) is 48.8 Å². The second-order valence-corrected chi connectivity index (χ2v) is 5.37. The number of nitrogens with one attached hydrogen (secondary N) is 1. The molecule has 1 amide bonds. The van der Waals surface area contributed by atoms with Crippen LogP contribution in [0.4, 0.5) is 11.4 Å². The van der Waals surface area contributed by atoms with E-state index in [1.54, 1.807) is 6.07 Å². The van der Waals surface area contributed by atoms with Crippen molar-refractivity contribution in [3.8, 4) is 0 Å². The number of fused-ring (bicyclic) bond motifs is 1. The monoisotopic (exact) mass is 310 g/mol. The maximum absolute atomic E-state index is 11.6. The Morgan fingerprint density at radius 2 is 2.00 bits per heavy atom. The highest BCUT2D eigenvalue weighted by Crippen LogP contribution is 2.35.